The first-order chi connectivity index (χ1) is 7.33. The number of fused-ring (bicyclic) bond motifs is 1. The number of azo groups is 1. The molecule has 4 heteroatoms. The molecule has 15 heavy (non-hydrogen) atoms. The zero-order valence-corrected chi connectivity index (χ0v) is 7.79. The third-order valence-corrected chi connectivity index (χ3v) is 2.09. The molecule has 0 spiro atoms. The van der Waals surface area contributed by atoms with Gasteiger partial charge in [-0.25, -0.2) is 0 Å². The van der Waals surface area contributed by atoms with E-state index >= 15 is 0 Å². The number of phenols is 1. The SMILES string of the molecule is O=CN=Nc1ccc(O)c2ccccc12. The van der Waals surface area contributed by atoms with Gasteiger partial charge in [-0.2, -0.15) is 0 Å². The number of nitrogens with zero attached hydrogens (tertiary/aromatic N) is 2. The number of aromatic hydroxyl groups is 1. The molecule has 0 heterocycles. The van der Waals surface area contributed by atoms with Crippen LogP contribution in [0.4, 0.5) is 5.69 Å². The van der Waals surface area contributed by atoms with Crippen LogP contribution < -0.4 is 0 Å². The summed E-state index contributed by atoms with van der Waals surface area (Å²) in [4.78, 5) is 10.1. The fourth-order valence-corrected chi connectivity index (χ4v) is 1.44. The average Bonchev–Trinajstić information content (AvgIpc) is 2.29. The van der Waals surface area contributed by atoms with Gasteiger partial charge in [0.2, 0.25) is 0 Å². The molecule has 0 aliphatic carbocycles. The number of benzene rings is 2. The van der Waals surface area contributed by atoms with Crippen LogP contribution in [-0.2, 0) is 4.79 Å². The predicted octanol–water partition coefficient (Wildman–Crippen LogP) is 2.79. The molecule has 0 fully saturated rings. The van der Waals surface area contributed by atoms with Gasteiger partial charge in [-0.1, -0.05) is 24.3 Å². The van der Waals surface area contributed by atoms with Gasteiger partial charge in [0.25, 0.3) is 6.41 Å². The predicted molar refractivity (Wildman–Crippen MR) is 56.2 cm³/mol. The molecule has 2 aromatic carbocycles. The maximum absolute atomic E-state index is 10.1. The quantitative estimate of drug-likeness (QED) is 0.598. The van der Waals surface area contributed by atoms with E-state index in [1.807, 2.05) is 18.2 Å². The summed E-state index contributed by atoms with van der Waals surface area (Å²) < 4.78 is 0. The van der Waals surface area contributed by atoms with Gasteiger partial charge in [-0.3, -0.25) is 4.79 Å². The summed E-state index contributed by atoms with van der Waals surface area (Å²) in [6.07, 6.45) is 0.377. The van der Waals surface area contributed by atoms with Crippen molar-refractivity contribution in [3.05, 3.63) is 36.4 Å². The van der Waals surface area contributed by atoms with Crippen molar-refractivity contribution >= 4 is 22.9 Å². The van der Waals surface area contributed by atoms with E-state index in [9.17, 15) is 9.90 Å². The minimum absolute atomic E-state index is 0.190. The van der Waals surface area contributed by atoms with E-state index in [2.05, 4.69) is 10.2 Å². The lowest BCUT2D eigenvalue weighted by Gasteiger charge is -2.02. The summed E-state index contributed by atoms with van der Waals surface area (Å²) in [6.45, 7) is 0. The van der Waals surface area contributed by atoms with Gasteiger partial charge in [0, 0.05) is 10.8 Å². The summed E-state index contributed by atoms with van der Waals surface area (Å²) in [5.41, 5.74) is 0.565. The largest absolute Gasteiger partial charge is 0.507 e. The number of carbonyl (C=O) groups excluding carboxylic acids is 1. The van der Waals surface area contributed by atoms with E-state index in [1.165, 1.54) is 6.07 Å². The molecule has 0 saturated heterocycles. The topological polar surface area (TPSA) is 62.0 Å². The average molecular weight is 200 g/mol. The zero-order chi connectivity index (χ0) is 10.7. The Balaban J connectivity index is 2.71. The van der Waals surface area contributed by atoms with Crippen molar-refractivity contribution in [3.8, 4) is 5.75 Å². The molecule has 2 rings (SSSR count). The Bertz CT molecular complexity index is 535. The highest BCUT2D eigenvalue weighted by Gasteiger charge is 2.03. The Kier molecular flexibility index (Phi) is 2.41. The lowest BCUT2D eigenvalue weighted by molar-refractivity contribution is -0.107. The van der Waals surface area contributed by atoms with Crippen LogP contribution in [0.15, 0.2) is 46.6 Å². The van der Waals surface area contributed by atoms with Crippen LogP contribution in [0.3, 0.4) is 0 Å². The lowest BCUT2D eigenvalue weighted by atomic mass is 10.1. The molecule has 0 aliphatic rings. The Labute approximate surface area is 85.9 Å². The Morgan fingerprint density at radius 1 is 1.07 bits per heavy atom. The molecule has 74 valence electrons. The van der Waals surface area contributed by atoms with Gasteiger partial charge < -0.3 is 5.11 Å². The molecule has 1 N–H and O–H groups in total. The number of hydrogen-bond acceptors (Lipinski definition) is 3. The summed E-state index contributed by atoms with van der Waals surface area (Å²) in [5, 5.41) is 18.1. The van der Waals surface area contributed by atoms with Gasteiger partial charge in [-0.15, -0.1) is 10.2 Å². The highest BCUT2D eigenvalue weighted by atomic mass is 16.3. The molecule has 2 aromatic rings. The van der Waals surface area contributed by atoms with E-state index in [4.69, 9.17) is 0 Å². The summed E-state index contributed by atoms with van der Waals surface area (Å²) in [5.74, 6) is 0.190. The van der Waals surface area contributed by atoms with Crippen molar-refractivity contribution < 1.29 is 9.90 Å². The Morgan fingerprint density at radius 2 is 1.80 bits per heavy atom. The van der Waals surface area contributed by atoms with Crippen LogP contribution in [-0.4, -0.2) is 11.5 Å². The Hall–Kier alpha value is -2.23. The monoisotopic (exact) mass is 200 g/mol. The lowest BCUT2D eigenvalue weighted by Crippen LogP contribution is -1.74. The van der Waals surface area contributed by atoms with E-state index in [-0.39, 0.29) is 5.75 Å². The van der Waals surface area contributed by atoms with Crippen LogP contribution in [0.5, 0.6) is 5.75 Å². The van der Waals surface area contributed by atoms with Crippen LogP contribution in [0.25, 0.3) is 10.8 Å². The molecule has 0 bridgehead atoms. The Morgan fingerprint density at radius 3 is 2.53 bits per heavy atom. The second-order valence-electron chi connectivity index (χ2n) is 2.97. The zero-order valence-electron chi connectivity index (χ0n) is 7.79. The molecule has 0 atom stereocenters. The molecule has 0 saturated carbocycles. The van der Waals surface area contributed by atoms with Gasteiger partial charge in [0.1, 0.15) is 5.75 Å². The van der Waals surface area contributed by atoms with Gasteiger partial charge in [0.05, 0.1) is 5.69 Å². The van der Waals surface area contributed by atoms with Crippen LogP contribution in [0, 0.1) is 0 Å². The van der Waals surface area contributed by atoms with Crippen molar-refractivity contribution in [2.24, 2.45) is 10.2 Å². The van der Waals surface area contributed by atoms with E-state index < -0.39 is 0 Å². The number of phenolic OH excluding ortho intramolecular Hbond substituents is 1. The third kappa shape index (κ3) is 1.69. The highest BCUT2D eigenvalue weighted by Crippen LogP contribution is 2.32. The first kappa shape index (κ1) is 9.33. The molecule has 0 unspecified atom stereocenters. The van der Waals surface area contributed by atoms with Crippen molar-refractivity contribution in [2.75, 3.05) is 0 Å². The maximum atomic E-state index is 10.1. The first-order valence-corrected chi connectivity index (χ1v) is 4.38. The van der Waals surface area contributed by atoms with Crippen molar-refractivity contribution in [2.45, 2.75) is 0 Å². The maximum Gasteiger partial charge on any atom is 0.252 e. The van der Waals surface area contributed by atoms with Crippen LogP contribution in [0.1, 0.15) is 0 Å². The smallest absolute Gasteiger partial charge is 0.252 e. The third-order valence-electron chi connectivity index (χ3n) is 2.09. The van der Waals surface area contributed by atoms with Gasteiger partial charge in [-0.05, 0) is 12.1 Å². The van der Waals surface area contributed by atoms with Crippen molar-refractivity contribution in [1.29, 1.82) is 0 Å². The second kappa shape index (κ2) is 3.88. The summed E-state index contributed by atoms with van der Waals surface area (Å²) >= 11 is 0. The van der Waals surface area contributed by atoms with Crippen molar-refractivity contribution in [1.82, 2.24) is 0 Å². The summed E-state index contributed by atoms with van der Waals surface area (Å²) in [6, 6.07) is 10.4. The number of rotatable bonds is 2. The van der Waals surface area contributed by atoms with E-state index in [1.54, 1.807) is 12.1 Å². The second-order valence-corrected chi connectivity index (χ2v) is 2.97. The molecule has 0 aromatic heterocycles. The van der Waals surface area contributed by atoms with E-state index in [0.717, 1.165) is 5.39 Å². The molecular weight excluding hydrogens is 192 g/mol. The minimum atomic E-state index is 0.190. The van der Waals surface area contributed by atoms with E-state index in [0.29, 0.717) is 17.5 Å². The van der Waals surface area contributed by atoms with Crippen LogP contribution >= 0.6 is 0 Å². The van der Waals surface area contributed by atoms with Gasteiger partial charge in [0.15, 0.2) is 0 Å². The standard InChI is InChI=1S/C11H8N2O2/c14-7-12-13-10-5-6-11(15)9-4-2-1-3-8(9)10/h1-7,15H. The normalized spacial score (nSPS) is 10.9. The highest BCUT2D eigenvalue weighted by molar-refractivity contribution is 5.96. The first-order valence-electron chi connectivity index (χ1n) is 4.38. The molecule has 0 aliphatic heterocycles. The van der Waals surface area contributed by atoms with Gasteiger partial charge >= 0.3 is 0 Å². The number of hydrogen-bond donors (Lipinski definition) is 1. The fourth-order valence-electron chi connectivity index (χ4n) is 1.44. The summed E-state index contributed by atoms with van der Waals surface area (Å²) in [7, 11) is 0. The van der Waals surface area contributed by atoms with Crippen molar-refractivity contribution in [3.63, 3.8) is 0 Å². The molecule has 4 nitrogen and oxygen atoms in total. The number of amides is 1. The number of carbonyl (C=O) groups is 1. The minimum Gasteiger partial charge on any atom is -0.507 e. The molecule has 1 amide bonds. The molecule has 0 radical (unpaired) electrons. The fraction of sp³-hybridized carbons (Fsp3) is 0. The molecular formula is C11H8N2O2. The van der Waals surface area contributed by atoms with Crippen LogP contribution in [0.2, 0.25) is 0 Å².